The van der Waals surface area contributed by atoms with Crippen molar-refractivity contribution in [3.8, 4) is 0 Å². The summed E-state index contributed by atoms with van der Waals surface area (Å²) >= 11 is 0. The fourth-order valence-electron chi connectivity index (χ4n) is 2.12. The number of carbonyl (C=O) groups is 1. The van der Waals surface area contributed by atoms with Crippen molar-refractivity contribution >= 4 is 16.8 Å². The Labute approximate surface area is 116 Å². The van der Waals surface area contributed by atoms with Gasteiger partial charge in [-0.1, -0.05) is 11.6 Å². The quantitative estimate of drug-likeness (QED) is 0.790. The maximum absolute atomic E-state index is 11.9. The third kappa shape index (κ3) is 2.56. The van der Waals surface area contributed by atoms with Gasteiger partial charge in [0.1, 0.15) is 12.3 Å². The SMILES string of the molecule is Cc1ccc2c(cnn2CC(=O)NCc2ccco2)c1. The second kappa shape index (κ2) is 5.21. The third-order valence-electron chi connectivity index (χ3n) is 3.13. The Hall–Kier alpha value is -2.56. The van der Waals surface area contributed by atoms with Gasteiger partial charge in [-0.15, -0.1) is 0 Å². The standard InChI is InChI=1S/C15H15N3O2/c1-11-4-5-14-12(7-11)8-17-18(14)10-15(19)16-9-13-3-2-6-20-13/h2-8H,9-10H2,1H3,(H,16,19). The van der Waals surface area contributed by atoms with Crippen LogP contribution in [0, 0.1) is 6.92 Å². The monoisotopic (exact) mass is 269 g/mol. The van der Waals surface area contributed by atoms with Crippen LogP contribution < -0.4 is 5.32 Å². The number of nitrogens with zero attached hydrogens (tertiary/aromatic N) is 2. The molecule has 0 spiro atoms. The van der Waals surface area contributed by atoms with E-state index in [1.54, 1.807) is 23.2 Å². The van der Waals surface area contributed by atoms with Crippen LogP contribution in [0.4, 0.5) is 0 Å². The molecule has 0 radical (unpaired) electrons. The van der Waals surface area contributed by atoms with Crippen LogP contribution in [0.3, 0.4) is 0 Å². The van der Waals surface area contributed by atoms with Gasteiger partial charge in [-0.25, -0.2) is 0 Å². The Morgan fingerprint density at radius 3 is 3.10 bits per heavy atom. The number of hydrogen-bond donors (Lipinski definition) is 1. The molecule has 1 amide bonds. The molecule has 20 heavy (non-hydrogen) atoms. The van der Waals surface area contributed by atoms with Gasteiger partial charge in [0, 0.05) is 5.39 Å². The van der Waals surface area contributed by atoms with Gasteiger partial charge in [0.15, 0.2) is 0 Å². The zero-order valence-electron chi connectivity index (χ0n) is 11.2. The predicted octanol–water partition coefficient (Wildman–Crippen LogP) is 2.25. The van der Waals surface area contributed by atoms with Crippen LogP contribution in [-0.4, -0.2) is 15.7 Å². The van der Waals surface area contributed by atoms with E-state index < -0.39 is 0 Å². The van der Waals surface area contributed by atoms with Crippen molar-refractivity contribution < 1.29 is 9.21 Å². The van der Waals surface area contributed by atoms with Crippen LogP contribution in [0.25, 0.3) is 10.9 Å². The molecule has 0 aliphatic rings. The van der Waals surface area contributed by atoms with Crippen LogP contribution in [0.1, 0.15) is 11.3 Å². The summed E-state index contributed by atoms with van der Waals surface area (Å²) in [5.41, 5.74) is 2.14. The molecule has 0 fully saturated rings. The number of amides is 1. The zero-order valence-corrected chi connectivity index (χ0v) is 11.2. The summed E-state index contributed by atoms with van der Waals surface area (Å²) in [5, 5.41) is 8.10. The average molecular weight is 269 g/mol. The summed E-state index contributed by atoms with van der Waals surface area (Å²) in [4.78, 5) is 11.9. The molecule has 3 aromatic rings. The molecule has 2 aromatic heterocycles. The molecule has 2 heterocycles. The highest BCUT2D eigenvalue weighted by Gasteiger charge is 2.08. The number of aryl methyl sites for hydroxylation is 1. The highest BCUT2D eigenvalue weighted by atomic mass is 16.3. The first kappa shape index (κ1) is 12.5. The molecular weight excluding hydrogens is 254 g/mol. The molecule has 5 heteroatoms. The fraction of sp³-hybridized carbons (Fsp3) is 0.200. The molecule has 5 nitrogen and oxygen atoms in total. The fourth-order valence-corrected chi connectivity index (χ4v) is 2.12. The zero-order chi connectivity index (χ0) is 13.9. The molecule has 102 valence electrons. The Morgan fingerprint density at radius 2 is 2.30 bits per heavy atom. The largest absolute Gasteiger partial charge is 0.467 e. The first-order valence-electron chi connectivity index (χ1n) is 6.43. The maximum atomic E-state index is 11.9. The van der Waals surface area contributed by atoms with E-state index in [2.05, 4.69) is 16.5 Å². The third-order valence-corrected chi connectivity index (χ3v) is 3.13. The van der Waals surface area contributed by atoms with Crippen molar-refractivity contribution in [3.05, 3.63) is 54.1 Å². The van der Waals surface area contributed by atoms with Gasteiger partial charge in [-0.3, -0.25) is 9.48 Å². The van der Waals surface area contributed by atoms with Crippen LogP contribution in [-0.2, 0) is 17.9 Å². The lowest BCUT2D eigenvalue weighted by atomic mass is 10.2. The Bertz CT molecular complexity index is 729. The molecule has 0 unspecified atom stereocenters. The van der Waals surface area contributed by atoms with Gasteiger partial charge in [-0.2, -0.15) is 5.10 Å². The van der Waals surface area contributed by atoms with Gasteiger partial charge < -0.3 is 9.73 Å². The molecule has 3 rings (SSSR count). The van der Waals surface area contributed by atoms with E-state index in [0.717, 1.165) is 16.7 Å². The van der Waals surface area contributed by atoms with Crippen molar-refractivity contribution in [2.45, 2.75) is 20.0 Å². The molecule has 0 atom stereocenters. The van der Waals surface area contributed by atoms with Gasteiger partial charge in [0.2, 0.25) is 5.91 Å². The van der Waals surface area contributed by atoms with Crippen molar-refractivity contribution in [2.75, 3.05) is 0 Å². The molecular formula is C15H15N3O2. The van der Waals surface area contributed by atoms with Gasteiger partial charge in [0.25, 0.3) is 0 Å². The van der Waals surface area contributed by atoms with Crippen molar-refractivity contribution in [2.24, 2.45) is 0 Å². The summed E-state index contributed by atoms with van der Waals surface area (Å²) in [6, 6.07) is 9.68. The minimum absolute atomic E-state index is 0.0908. The Balaban J connectivity index is 1.68. The number of nitrogens with one attached hydrogen (secondary N) is 1. The number of hydrogen-bond acceptors (Lipinski definition) is 3. The van der Waals surface area contributed by atoms with Crippen molar-refractivity contribution in [1.29, 1.82) is 0 Å². The first-order chi connectivity index (χ1) is 9.72. The van der Waals surface area contributed by atoms with Crippen molar-refractivity contribution in [3.63, 3.8) is 0 Å². The first-order valence-corrected chi connectivity index (χ1v) is 6.43. The molecule has 0 aliphatic carbocycles. The minimum Gasteiger partial charge on any atom is -0.467 e. The van der Waals surface area contributed by atoms with Crippen LogP contribution >= 0.6 is 0 Å². The number of benzene rings is 1. The summed E-state index contributed by atoms with van der Waals surface area (Å²) in [5.74, 6) is 0.645. The summed E-state index contributed by atoms with van der Waals surface area (Å²) < 4.78 is 6.87. The summed E-state index contributed by atoms with van der Waals surface area (Å²) in [6.07, 6.45) is 3.37. The number of furan rings is 1. The molecule has 0 saturated heterocycles. The predicted molar refractivity (Wildman–Crippen MR) is 75.0 cm³/mol. The number of aromatic nitrogens is 2. The number of fused-ring (bicyclic) bond motifs is 1. The second-order valence-corrected chi connectivity index (χ2v) is 4.72. The van der Waals surface area contributed by atoms with Crippen molar-refractivity contribution in [1.82, 2.24) is 15.1 Å². The van der Waals surface area contributed by atoms with Crippen LogP contribution in [0.5, 0.6) is 0 Å². The molecule has 0 saturated carbocycles. The van der Waals surface area contributed by atoms with E-state index in [9.17, 15) is 4.79 Å². The lowest BCUT2D eigenvalue weighted by Gasteiger charge is -2.05. The van der Waals surface area contributed by atoms with E-state index in [-0.39, 0.29) is 12.5 Å². The topological polar surface area (TPSA) is 60.1 Å². The van der Waals surface area contributed by atoms with E-state index in [0.29, 0.717) is 6.54 Å². The van der Waals surface area contributed by atoms with E-state index in [1.807, 2.05) is 25.1 Å². The van der Waals surface area contributed by atoms with E-state index in [1.165, 1.54) is 5.56 Å². The lowest BCUT2D eigenvalue weighted by Crippen LogP contribution is -2.27. The normalized spacial score (nSPS) is 10.8. The number of rotatable bonds is 4. The molecule has 0 aliphatic heterocycles. The highest BCUT2D eigenvalue weighted by molar-refractivity contribution is 5.82. The van der Waals surface area contributed by atoms with E-state index in [4.69, 9.17) is 4.42 Å². The minimum atomic E-state index is -0.0908. The van der Waals surface area contributed by atoms with E-state index >= 15 is 0 Å². The molecule has 0 bridgehead atoms. The van der Waals surface area contributed by atoms with Crippen LogP contribution in [0.2, 0.25) is 0 Å². The molecule has 1 aromatic carbocycles. The summed E-state index contributed by atoms with van der Waals surface area (Å²) in [7, 11) is 0. The Morgan fingerprint density at radius 1 is 1.40 bits per heavy atom. The maximum Gasteiger partial charge on any atom is 0.242 e. The lowest BCUT2D eigenvalue weighted by molar-refractivity contribution is -0.122. The van der Waals surface area contributed by atoms with Gasteiger partial charge >= 0.3 is 0 Å². The highest BCUT2D eigenvalue weighted by Crippen LogP contribution is 2.15. The summed E-state index contributed by atoms with van der Waals surface area (Å²) in [6.45, 7) is 2.63. The second-order valence-electron chi connectivity index (χ2n) is 4.72. The smallest absolute Gasteiger partial charge is 0.242 e. The Kier molecular flexibility index (Phi) is 3.25. The number of carbonyl (C=O) groups excluding carboxylic acids is 1. The van der Waals surface area contributed by atoms with Crippen LogP contribution in [0.15, 0.2) is 47.2 Å². The average Bonchev–Trinajstić information content (AvgIpc) is 3.06. The van der Waals surface area contributed by atoms with Gasteiger partial charge in [0.05, 0.1) is 24.5 Å². The van der Waals surface area contributed by atoms with Gasteiger partial charge in [-0.05, 0) is 31.2 Å². The molecule has 1 N–H and O–H groups in total.